The zero-order valence-electron chi connectivity index (χ0n) is 13.8. The molecule has 0 aliphatic heterocycles. The fourth-order valence-corrected chi connectivity index (χ4v) is 2.88. The van der Waals surface area contributed by atoms with Gasteiger partial charge >= 0.3 is 11.9 Å². The molecule has 0 saturated carbocycles. The van der Waals surface area contributed by atoms with E-state index in [1.54, 1.807) is 27.7 Å². The number of carboxylic acids is 2. The largest absolute Gasteiger partial charge is 0.481 e. The molecule has 0 amide bonds. The molecule has 0 bridgehead atoms. The molecule has 0 unspecified atom stereocenters. The smallest absolute Gasteiger partial charge is 0.309 e. The summed E-state index contributed by atoms with van der Waals surface area (Å²) in [6.45, 7) is 7.08. The SMILES string of the molecule is CC(C)(CCCCSCCCCC(C)(C)C(=O)O)C(=O)O. The molecule has 0 rings (SSSR count). The van der Waals surface area contributed by atoms with Crippen LogP contribution >= 0.6 is 11.8 Å². The van der Waals surface area contributed by atoms with Gasteiger partial charge in [-0.05, 0) is 64.9 Å². The van der Waals surface area contributed by atoms with Gasteiger partial charge in [-0.1, -0.05) is 12.8 Å². The molecule has 21 heavy (non-hydrogen) atoms. The van der Waals surface area contributed by atoms with Gasteiger partial charge in [0.25, 0.3) is 0 Å². The van der Waals surface area contributed by atoms with Crippen molar-refractivity contribution < 1.29 is 19.8 Å². The Balaban J connectivity index is 3.50. The Bertz CT molecular complexity index is 305. The molecule has 2 N–H and O–H groups in total. The van der Waals surface area contributed by atoms with E-state index in [9.17, 15) is 9.59 Å². The Hall–Kier alpha value is -0.710. The molecular formula is C16H30O4S. The number of thioether (sulfide) groups is 1. The third-order valence-electron chi connectivity index (χ3n) is 3.84. The molecule has 4 nitrogen and oxygen atoms in total. The van der Waals surface area contributed by atoms with Crippen LogP contribution in [0.4, 0.5) is 0 Å². The molecule has 0 spiro atoms. The van der Waals surface area contributed by atoms with Gasteiger partial charge in [-0.15, -0.1) is 0 Å². The molecule has 0 radical (unpaired) electrons. The lowest BCUT2D eigenvalue weighted by molar-refractivity contribution is -0.148. The number of unbranched alkanes of at least 4 members (excludes halogenated alkanes) is 2. The number of hydrogen-bond donors (Lipinski definition) is 2. The van der Waals surface area contributed by atoms with Gasteiger partial charge in [0, 0.05) is 0 Å². The highest BCUT2D eigenvalue weighted by molar-refractivity contribution is 7.99. The van der Waals surface area contributed by atoms with Crippen LogP contribution in [-0.2, 0) is 9.59 Å². The van der Waals surface area contributed by atoms with Crippen molar-refractivity contribution in [3.05, 3.63) is 0 Å². The molecule has 0 atom stereocenters. The normalized spacial score (nSPS) is 12.4. The summed E-state index contributed by atoms with van der Waals surface area (Å²) >= 11 is 1.88. The number of hydrogen-bond acceptors (Lipinski definition) is 3. The van der Waals surface area contributed by atoms with Gasteiger partial charge < -0.3 is 10.2 Å². The van der Waals surface area contributed by atoms with Crippen LogP contribution in [0.1, 0.15) is 66.2 Å². The van der Waals surface area contributed by atoms with E-state index in [1.807, 2.05) is 11.8 Å². The van der Waals surface area contributed by atoms with E-state index in [0.29, 0.717) is 0 Å². The van der Waals surface area contributed by atoms with Crippen molar-refractivity contribution in [1.82, 2.24) is 0 Å². The molecule has 0 heterocycles. The van der Waals surface area contributed by atoms with Crippen LogP contribution in [0.3, 0.4) is 0 Å². The summed E-state index contributed by atoms with van der Waals surface area (Å²) in [5, 5.41) is 18.0. The summed E-state index contributed by atoms with van der Waals surface area (Å²) in [5.74, 6) is 0.656. The highest BCUT2D eigenvalue weighted by Gasteiger charge is 2.26. The molecule has 0 aliphatic carbocycles. The fraction of sp³-hybridized carbons (Fsp3) is 0.875. The minimum absolute atomic E-state index is 0.618. The quantitative estimate of drug-likeness (QED) is 0.525. The molecule has 5 heteroatoms. The molecule has 124 valence electrons. The Morgan fingerprint density at radius 2 is 1.10 bits per heavy atom. The van der Waals surface area contributed by atoms with E-state index < -0.39 is 22.8 Å². The first-order valence-corrected chi connectivity index (χ1v) is 8.79. The van der Waals surface area contributed by atoms with Crippen LogP contribution in [0.25, 0.3) is 0 Å². The average Bonchev–Trinajstić information content (AvgIpc) is 2.36. The minimum Gasteiger partial charge on any atom is -0.481 e. The van der Waals surface area contributed by atoms with Crippen molar-refractivity contribution in [3.8, 4) is 0 Å². The van der Waals surface area contributed by atoms with Crippen molar-refractivity contribution in [1.29, 1.82) is 0 Å². The minimum atomic E-state index is -0.726. The third kappa shape index (κ3) is 9.02. The van der Waals surface area contributed by atoms with Crippen molar-refractivity contribution in [2.75, 3.05) is 11.5 Å². The number of carboxylic acid groups (broad SMARTS) is 2. The Labute approximate surface area is 132 Å². The predicted molar refractivity (Wildman–Crippen MR) is 87.9 cm³/mol. The highest BCUT2D eigenvalue weighted by Crippen LogP contribution is 2.25. The van der Waals surface area contributed by atoms with E-state index >= 15 is 0 Å². The van der Waals surface area contributed by atoms with Gasteiger partial charge in [0.15, 0.2) is 0 Å². The van der Waals surface area contributed by atoms with Crippen molar-refractivity contribution in [2.24, 2.45) is 10.8 Å². The van der Waals surface area contributed by atoms with E-state index in [4.69, 9.17) is 10.2 Å². The Morgan fingerprint density at radius 1 is 0.762 bits per heavy atom. The molecule has 0 aromatic carbocycles. The van der Waals surface area contributed by atoms with Gasteiger partial charge in [0.05, 0.1) is 10.8 Å². The van der Waals surface area contributed by atoms with E-state index in [-0.39, 0.29) is 0 Å². The summed E-state index contributed by atoms with van der Waals surface area (Å²) in [4.78, 5) is 21.9. The topological polar surface area (TPSA) is 74.6 Å². The van der Waals surface area contributed by atoms with Gasteiger partial charge in [-0.3, -0.25) is 9.59 Å². The lowest BCUT2D eigenvalue weighted by Crippen LogP contribution is -2.23. The number of carbonyl (C=O) groups is 2. The average molecular weight is 318 g/mol. The van der Waals surface area contributed by atoms with Gasteiger partial charge in [-0.2, -0.15) is 11.8 Å². The van der Waals surface area contributed by atoms with Crippen molar-refractivity contribution in [2.45, 2.75) is 66.2 Å². The van der Waals surface area contributed by atoms with E-state index in [0.717, 1.165) is 50.0 Å². The summed E-state index contributed by atoms with van der Waals surface area (Å²) in [7, 11) is 0. The number of aliphatic carboxylic acids is 2. The highest BCUT2D eigenvalue weighted by atomic mass is 32.2. The van der Waals surface area contributed by atoms with Crippen LogP contribution in [0.2, 0.25) is 0 Å². The van der Waals surface area contributed by atoms with Gasteiger partial charge in [-0.25, -0.2) is 0 Å². The van der Waals surface area contributed by atoms with Gasteiger partial charge in [0.2, 0.25) is 0 Å². The van der Waals surface area contributed by atoms with Crippen LogP contribution < -0.4 is 0 Å². The number of rotatable bonds is 12. The maximum atomic E-state index is 10.9. The van der Waals surface area contributed by atoms with Crippen LogP contribution in [0, 0.1) is 10.8 Å². The molecule has 0 aliphatic rings. The van der Waals surface area contributed by atoms with Crippen LogP contribution in [-0.4, -0.2) is 33.7 Å². The summed E-state index contributed by atoms with van der Waals surface area (Å²) in [5.41, 5.74) is -1.24. The maximum Gasteiger partial charge on any atom is 0.309 e. The first-order valence-electron chi connectivity index (χ1n) is 7.64. The predicted octanol–water partition coefficient (Wildman–Crippen LogP) is 4.28. The van der Waals surface area contributed by atoms with E-state index in [2.05, 4.69) is 0 Å². The molecule has 0 fully saturated rings. The second kappa shape index (κ2) is 9.34. The zero-order chi connectivity index (χ0) is 16.5. The second-order valence-corrected chi connectivity index (χ2v) is 8.13. The molecule has 0 aromatic rings. The molecule has 0 aromatic heterocycles. The van der Waals surface area contributed by atoms with Crippen LogP contribution in [0.15, 0.2) is 0 Å². The first-order chi connectivity index (χ1) is 9.59. The summed E-state index contributed by atoms with van der Waals surface area (Å²) in [6, 6.07) is 0. The Morgan fingerprint density at radius 3 is 1.38 bits per heavy atom. The monoisotopic (exact) mass is 318 g/mol. The summed E-state index contributed by atoms with van der Waals surface area (Å²) < 4.78 is 0. The van der Waals surface area contributed by atoms with Crippen LogP contribution in [0.5, 0.6) is 0 Å². The summed E-state index contributed by atoms with van der Waals surface area (Å²) in [6.07, 6.45) is 5.41. The van der Waals surface area contributed by atoms with E-state index in [1.165, 1.54) is 0 Å². The lowest BCUT2D eigenvalue weighted by Gasteiger charge is -2.18. The Kier molecular flexibility index (Phi) is 9.02. The fourth-order valence-electron chi connectivity index (χ4n) is 1.86. The molecule has 0 saturated heterocycles. The maximum absolute atomic E-state index is 10.9. The first kappa shape index (κ1) is 20.3. The van der Waals surface area contributed by atoms with Gasteiger partial charge in [0.1, 0.15) is 0 Å². The standard InChI is InChI=1S/C16H30O4S/c1-15(2,13(17)18)9-5-7-11-21-12-8-6-10-16(3,4)14(19)20/h5-12H2,1-4H3,(H,17,18)(H,19,20). The third-order valence-corrected chi connectivity index (χ3v) is 4.99. The van der Waals surface area contributed by atoms with Crippen molar-refractivity contribution in [3.63, 3.8) is 0 Å². The second-order valence-electron chi connectivity index (χ2n) is 6.90. The van der Waals surface area contributed by atoms with Crippen molar-refractivity contribution >= 4 is 23.7 Å². The molecular weight excluding hydrogens is 288 g/mol. The zero-order valence-corrected chi connectivity index (χ0v) is 14.6. The lowest BCUT2D eigenvalue weighted by atomic mass is 9.87.